The molecule has 4 rings (SSSR count). The summed E-state index contributed by atoms with van der Waals surface area (Å²) >= 11 is 12.6. The van der Waals surface area contributed by atoms with Gasteiger partial charge in [-0.15, -0.1) is 0 Å². The normalized spacial score (nSPS) is 10.7. The van der Waals surface area contributed by atoms with Gasteiger partial charge in [0.25, 0.3) is 0 Å². The number of phenolic OH excluding ortho intramolecular Hbond substituents is 2. The number of aromatic carboxylic acids is 2. The van der Waals surface area contributed by atoms with Gasteiger partial charge in [-0.3, -0.25) is 0 Å². The largest absolute Gasteiger partial charge is 0.508 e. The third-order valence-corrected chi connectivity index (χ3v) is 6.13. The van der Waals surface area contributed by atoms with Gasteiger partial charge in [0.15, 0.2) is 5.75 Å². The van der Waals surface area contributed by atoms with Gasteiger partial charge >= 0.3 is 17.9 Å². The van der Waals surface area contributed by atoms with Crippen LogP contribution in [0.25, 0.3) is 11.1 Å². The number of aromatic hydroxyl groups is 2. The van der Waals surface area contributed by atoms with Crippen LogP contribution < -0.4 is 9.62 Å². The van der Waals surface area contributed by atoms with Crippen molar-refractivity contribution < 1.29 is 49.3 Å². The highest BCUT2D eigenvalue weighted by Crippen LogP contribution is 2.35. The number of hydrogen-bond acceptors (Lipinski definition) is 8. The number of esters is 1. The van der Waals surface area contributed by atoms with Crippen molar-refractivity contribution in [2.45, 2.75) is 6.61 Å². The van der Waals surface area contributed by atoms with E-state index in [9.17, 15) is 34.8 Å². The number of phenols is 2. The van der Waals surface area contributed by atoms with Crippen molar-refractivity contribution in [2.24, 2.45) is 0 Å². The lowest BCUT2D eigenvalue weighted by Crippen LogP contribution is -2.14. The number of carbonyl (C=O) groups excluding carboxylic acids is 1. The number of benzene rings is 4. The molecule has 0 aliphatic rings. The molecule has 0 saturated carbocycles. The van der Waals surface area contributed by atoms with Crippen LogP contribution in [-0.2, 0) is 11.5 Å². The van der Waals surface area contributed by atoms with E-state index in [1.54, 1.807) is 18.2 Å². The van der Waals surface area contributed by atoms with Crippen LogP contribution >= 0.6 is 23.2 Å². The van der Waals surface area contributed by atoms with Gasteiger partial charge in [0.2, 0.25) is 0 Å². The summed E-state index contributed by atoms with van der Waals surface area (Å²) in [6.07, 6.45) is 0. The van der Waals surface area contributed by atoms with Crippen molar-refractivity contribution in [3.8, 4) is 34.1 Å². The Hall–Kier alpha value is -4.77. The molecular formula is C28H18Cl2O10. The molecule has 0 spiro atoms. The van der Waals surface area contributed by atoms with E-state index in [4.69, 9.17) is 37.7 Å². The predicted octanol–water partition coefficient (Wildman–Crippen LogP) is 6.20. The maximum atomic E-state index is 12.6. The smallest absolute Gasteiger partial charge is 0.344 e. The van der Waals surface area contributed by atoms with Gasteiger partial charge < -0.3 is 30.1 Å². The Balaban J connectivity index is 1.45. The van der Waals surface area contributed by atoms with E-state index in [2.05, 4.69) is 0 Å². The summed E-state index contributed by atoms with van der Waals surface area (Å²) in [5.41, 5.74) is 0.670. The molecule has 0 aliphatic heterocycles. The summed E-state index contributed by atoms with van der Waals surface area (Å²) in [5, 5.41) is 37.8. The Labute approximate surface area is 236 Å². The summed E-state index contributed by atoms with van der Waals surface area (Å²) in [7, 11) is 0. The second-order valence-corrected chi connectivity index (χ2v) is 9.02. The lowest BCUT2D eigenvalue weighted by molar-refractivity contribution is -0.217. The molecule has 0 amide bonds. The Morgan fingerprint density at radius 1 is 0.650 bits per heavy atom. The second kappa shape index (κ2) is 12.0. The number of ether oxygens (including phenoxy) is 1. The number of rotatable bonds is 9. The minimum Gasteiger partial charge on any atom is -0.508 e. The van der Waals surface area contributed by atoms with Crippen molar-refractivity contribution in [1.29, 1.82) is 0 Å². The molecule has 4 aromatic carbocycles. The third kappa shape index (κ3) is 6.44. The van der Waals surface area contributed by atoms with Crippen molar-refractivity contribution in [3.05, 3.63) is 105 Å². The van der Waals surface area contributed by atoms with Gasteiger partial charge in [-0.05, 0) is 71.3 Å². The van der Waals surface area contributed by atoms with Gasteiger partial charge in [0.05, 0.1) is 26.7 Å². The van der Waals surface area contributed by atoms with E-state index in [0.717, 1.165) is 24.3 Å². The Kier molecular flexibility index (Phi) is 8.44. The first-order valence-electron chi connectivity index (χ1n) is 11.3. The van der Waals surface area contributed by atoms with Crippen LogP contribution in [-0.4, -0.2) is 38.3 Å². The molecule has 204 valence electrons. The van der Waals surface area contributed by atoms with Crippen molar-refractivity contribution in [2.75, 3.05) is 0 Å². The summed E-state index contributed by atoms with van der Waals surface area (Å²) < 4.78 is 5.28. The molecule has 4 aromatic rings. The molecule has 4 N–H and O–H groups in total. The number of carbonyl (C=O) groups is 3. The molecule has 0 heterocycles. The molecule has 0 bridgehead atoms. The molecule has 40 heavy (non-hydrogen) atoms. The SMILES string of the molecule is O=C(O)c1cc(O)ccc1COOc1ccc(-c2ccc(OC(=O)c3ccc(O)cc3C(=O)O)c(Cl)c2)cc1Cl. The van der Waals surface area contributed by atoms with Crippen LogP contribution in [0.4, 0.5) is 0 Å². The number of carboxylic acid groups (broad SMARTS) is 2. The highest BCUT2D eigenvalue weighted by molar-refractivity contribution is 6.33. The fourth-order valence-electron chi connectivity index (χ4n) is 3.60. The molecule has 0 atom stereocenters. The summed E-state index contributed by atoms with van der Waals surface area (Å²) in [4.78, 5) is 45.7. The number of carboxylic acids is 2. The summed E-state index contributed by atoms with van der Waals surface area (Å²) in [6.45, 7) is -0.228. The first-order chi connectivity index (χ1) is 19.0. The van der Waals surface area contributed by atoms with Gasteiger partial charge in [0, 0.05) is 0 Å². The van der Waals surface area contributed by atoms with E-state index in [1.165, 1.54) is 30.3 Å². The van der Waals surface area contributed by atoms with Crippen molar-refractivity contribution in [1.82, 2.24) is 0 Å². The lowest BCUT2D eigenvalue weighted by Gasteiger charge is -2.12. The fraction of sp³-hybridized carbons (Fsp3) is 0.0357. The first kappa shape index (κ1) is 28.2. The van der Waals surface area contributed by atoms with Crippen LogP contribution in [0.5, 0.6) is 23.0 Å². The Morgan fingerprint density at radius 2 is 1.20 bits per heavy atom. The van der Waals surface area contributed by atoms with Crippen LogP contribution in [0.15, 0.2) is 72.8 Å². The maximum absolute atomic E-state index is 12.6. The standard InChI is InChI=1S/C28H18Cl2O10/c29-22-9-14(2-7-24(22)39-28(37)19-6-5-18(32)12-21(19)27(35)36)15-3-8-25(23(30)10-15)40-38-13-16-1-4-17(31)11-20(16)26(33)34/h1-12,31-32H,13H2,(H,33,34)(H,35,36). The van der Waals surface area contributed by atoms with E-state index in [0.29, 0.717) is 11.1 Å². The molecule has 12 heteroatoms. The van der Waals surface area contributed by atoms with Crippen LogP contribution in [0, 0.1) is 0 Å². The molecule has 0 unspecified atom stereocenters. The van der Waals surface area contributed by atoms with Gasteiger partial charge in [-0.1, -0.05) is 41.4 Å². The van der Waals surface area contributed by atoms with E-state index < -0.39 is 23.5 Å². The van der Waals surface area contributed by atoms with Gasteiger partial charge in [0.1, 0.15) is 23.9 Å². The molecular weight excluding hydrogens is 567 g/mol. The van der Waals surface area contributed by atoms with E-state index in [-0.39, 0.29) is 56.3 Å². The predicted molar refractivity (Wildman–Crippen MR) is 142 cm³/mol. The van der Waals surface area contributed by atoms with Gasteiger partial charge in [-0.25, -0.2) is 14.4 Å². The fourth-order valence-corrected chi connectivity index (χ4v) is 4.03. The lowest BCUT2D eigenvalue weighted by atomic mass is 10.1. The average Bonchev–Trinajstić information content (AvgIpc) is 2.91. The maximum Gasteiger partial charge on any atom is 0.344 e. The Bertz CT molecular complexity index is 1630. The molecule has 0 aliphatic carbocycles. The highest BCUT2D eigenvalue weighted by Gasteiger charge is 2.20. The highest BCUT2D eigenvalue weighted by atomic mass is 35.5. The summed E-state index contributed by atoms with van der Waals surface area (Å²) in [6, 6.07) is 16.3. The minimum absolute atomic E-state index is 0.0192. The summed E-state index contributed by atoms with van der Waals surface area (Å²) in [5.74, 6) is -4.00. The molecule has 0 saturated heterocycles. The topological polar surface area (TPSA) is 160 Å². The van der Waals surface area contributed by atoms with Crippen molar-refractivity contribution in [3.63, 3.8) is 0 Å². The van der Waals surface area contributed by atoms with Crippen LogP contribution in [0.1, 0.15) is 36.6 Å². The molecule has 0 fully saturated rings. The van der Waals surface area contributed by atoms with E-state index in [1.807, 2.05) is 0 Å². The quantitative estimate of drug-likeness (QED) is 0.0771. The monoisotopic (exact) mass is 584 g/mol. The minimum atomic E-state index is -1.41. The van der Waals surface area contributed by atoms with Crippen molar-refractivity contribution >= 4 is 41.1 Å². The zero-order valence-electron chi connectivity index (χ0n) is 20.1. The average molecular weight is 585 g/mol. The van der Waals surface area contributed by atoms with Crippen LogP contribution in [0.3, 0.4) is 0 Å². The number of halogens is 2. The zero-order chi connectivity index (χ0) is 29.0. The van der Waals surface area contributed by atoms with Crippen LogP contribution in [0.2, 0.25) is 10.0 Å². The van der Waals surface area contributed by atoms with Gasteiger partial charge in [-0.2, -0.15) is 4.89 Å². The molecule has 0 radical (unpaired) electrons. The van der Waals surface area contributed by atoms with E-state index >= 15 is 0 Å². The zero-order valence-corrected chi connectivity index (χ0v) is 21.6. The first-order valence-corrected chi connectivity index (χ1v) is 12.0. The number of hydrogen-bond donors (Lipinski definition) is 4. The third-order valence-electron chi connectivity index (χ3n) is 5.54. The Morgan fingerprint density at radius 3 is 1.77 bits per heavy atom. The molecule has 0 aromatic heterocycles. The molecule has 10 nitrogen and oxygen atoms in total. The second-order valence-electron chi connectivity index (χ2n) is 8.21.